The highest BCUT2D eigenvalue weighted by Gasteiger charge is 2.09. The minimum Gasteiger partial charge on any atom is -0.398 e. The zero-order chi connectivity index (χ0) is 15.4. The molecule has 0 heterocycles. The average molecular weight is 329 g/mol. The average Bonchev–Trinajstić information content (AvgIpc) is 2.41. The van der Waals surface area contributed by atoms with E-state index < -0.39 is 11.6 Å². The molecule has 0 saturated heterocycles. The molecule has 1 amide bonds. The predicted molar refractivity (Wildman–Crippen MR) is 81.6 cm³/mol. The Balaban J connectivity index is 1.96. The van der Waals surface area contributed by atoms with Crippen LogP contribution in [-0.2, 0) is 4.79 Å². The number of nitrogens with one attached hydrogen (secondary N) is 1. The van der Waals surface area contributed by atoms with Gasteiger partial charge in [-0.15, -0.1) is 11.8 Å². The molecule has 0 atom stereocenters. The van der Waals surface area contributed by atoms with E-state index in [2.05, 4.69) is 5.32 Å². The Morgan fingerprint density at radius 3 is 2.52 bits per heavy atom. The van der Waals surface area contributed by atoms with Crippen molar-refractivity contribution >= 4 is 40.6 Å². The second-order valence-electron chi connectivity index (χ2n) is 4.14. The lowest BCUT2D eigenvalue weighted by molar-refractivity contribution is -0.113. The number of nitrogen functional groups attached to an aromatic ring is 1. The first-order valence-corrected chi connectivity index (χ1v) is 7.25. The normalized spacial score (nSPS) is 10.4. The van der Waals surface area contributed by atoms with Crippen LogP contribution in [-0.4, -0.2) is 11.7 Å². The van der Waals surface area contributed by atoms with Gasteiger partial charge in [-0.2, -0.15) is 0 Å². The third kappa shape index (κ3) is 4.34. The molecule has 0 bridgehead atoms. The zero-order valence-corrected chi connectivity index (χ0v) is 12.3. The Bertz CT molecular complexity index is 682. The number of benzene rings is 2. The fraction of sp³-hybridized carbons (Fsp3) is 0.0714. The Morgan fingerprint density at radius 2 is 1.86 bits per heavy atom. The van der Waals surface area contributed by atoms with Gasteiger partial charge in [-0.1, -0.05) is 11.6 Å². The van der Waals surface area contributed by atoms with Crippen molar-refractivity contribution in [3.8, 4) is 0 Å². The molecule has 3 N–H and O–H groups in total. The van der Waals surface area contributed by atoms with E-state index in [0.717, 1.165) is 6.07 Å². The van der Waals surface area contributed by atoms with E-state index in [4.69, 9.17) is 17.3 Å². The summed E-state index contributed by atoms with van der Waals surface area (Å²) in [5.41, 5.74) is 6.25. The molecule has 0 aliphatic rings. The minimum atomic E-state index is -0.480. The maximum atomic E-state index is 12.9. The Hall–Kier alpha value is -1.79. The van der Waals surface area contributed by atoms with Gasteiger partial charge >= 0.3 is 0 Å². The van der Waals surface area contributed by atoms with Crippen molar-refractivity contribution in [3.63, 3.8) is 0 Å². The SMILES string of the molecule is Nc1cc(F)ccc1SCC(=O)Nc1ccc(F)cc1Cl. The van der Waals surface area contributed by atoms with Crippen molar-refractivity contribution in [3.05, 3.63) is 53.1 Å². The predicted octanol–water partition coefficient (Wildman–Crippen LogP) is 3.93. The van der Waals surface area contributed by atoms with Gasteiger partial charge in [-0.25, -0.2) is 8.78 Å². The molecular weight excluding hydrogens is 318 g/mol. The summed E-state index contributed by atoms with van der Waals surface area (Å²) in [7, 11) is 0. The molecule has 0 aromatic heterocycles. The van der Waals surface area contributed by atoms with Gasteiger partial charge in [0.15, 0.2) is 0 Å². The van der Waals surface area contributed by atoms with Crippen LogP contribution in [0.3, 0.4) is 0 Å². The van der Waals surface area contributed by atoms with Gasteiger partial charge in [0.2, 0.25) is 5.91 Å². The van der Waals surface area contributed by atoms with Gasteiger partial charge in [0.1, 0.15) is 11.6 Å². The molecule has 2 rings (SSSR count). The fourth-order valence-corrected chi connectivity index (χ4v) is 2.53. The highest BCUT2D eigenvalue weighted by molar-refractivity contribution is 8.00. The third-order valence-electron chi connectivity index (χ3n) is 2.54. The van der Waals surface area contributed by atoms with Crippen molar-refractivity contribution in [2.24, 2.45) is 0 Å². The highest BCUT2D eigenvalue weighted by atomic mass is 35.5. The summed E-state index contributed by atoms with van der Waals surface area (Å²) in [6, 6.07) is 7.67. The van der Waals surface area contributed by atoms with Crippen molar-refractivity contribution in [1.29, 1.82) is 0 Å². The van der Waals surface area contributed by atoms with Crippen LogP contribution < -0.4 is 11.1 Å². The van der Waals surface area contributed by atoms with Crippen LogP contribution in [0.4, 0.5) is 20.2 Å². The summed E-state index contributed by atoms with van der Waals surface area (Å²) < 4.78 is 25.8. The number of thioether (sulfide) groups is 1. The quantitative estimate of drug-likeness (QED) is 0.660. The lowest BCUT2D eigenvalue weighted by Gasteiger charge is -2.08. The van der Waals surface area contributed by atoms with Crippen molar-refractivity contribution < 1.29 is 13.6 Å². The number of nitrogens with two attached hydrogens (primary N) is 1. The van der Waals surface area contributed by atoms with E-state index in [9.17, 15) is 13.6 Å². The van der Waals surface area contributed by atoms with Gasteiger partial charge in [0.25, 0.3) is 0 Å². The summed E-state index contributed by atoms with van der Waals surface area (Å²) in [5.74, 6) is -1.16. The van der Waals surface area contributed by atoms with Crippen molar-refractivity contribution in [2.45, 2.75) is 4.90 Å². The number of hydrogen-bond acceptors (Lipinski definition) is 3. The van der Waals surface area contributed by atoms with E-state index in [0.29, 0.717) is 10.6 Å². The molecular formula is C14H11ClF2N2OS. The molecule has 110 valence electrons. The summed E-state index contributed by atoms with van der Waals surface area (Å²) >= 11 is 6.98. The standard InChI is InChI=1S/C14H11ClF2N2OS/c15-10-5-8(16)1-3-12(10)19-14(20)7-21-13-4-2-9(17)6-11(13)18/h1-6H,7,18H2,(H,19,20). The Morgan fingerprint density at radius 1 is 1.19 bits per heavy atom. The number of amides is 1. The maximum absolute atomic E-state index is 12.9. The summed E-state index contributed by atoms with van der Waals surface area (Å²) in [4.78, 5) is 12.4. The van der Waals surface area contributed by atoms with E-state index in [1.165, 1.54) is 42.1 Å². The number of hydrogen-bond donors (Lipinski definition) is 2. The van der Waals surface area contributed by atoms with E-state index >= 15 is 0 Å². The van der Waals surface area contributed by atoms with Gasteiger partial charge in [0, 0.05) is 10.6 Å². The second kappa shape index (κ2) is 6.78. The molecule has 7 heteroatoms. The van der Waals surface area contributed by atoms with Crippen molar-refractivity contribution in [2.75, 3.05) is 16.8 Å². The number of halogens is 3. The lowest BCUT2D eigenvalue weighted by Crippen LogP contribution is -2.14. The molecule has 0 radical (unpaired) electrons. The van der Waals surface area contributed by atoms with Gasteiger partial charge in [-0.3, -0.25) is 4.79 Å². The topological polar surface area (TPSA) is 55.1 Å². The molecule has 2 aromatic carbocycles. The maximum Gasteiger partial charge on any atom is 0.234 e. The molecule has 0 spiro atoms. The van der Waals surface area contributed by atoms with E-state index in [1.807, 2.05) is 0 Å². The van der Waals surface area contributed by atoms with Crippen LogP contribution in [0.15, 0.2) is 41.3 Å². The molecule has 0 saturated carbocycles. The molecule has 2 aromatic rings. The fourth-order valence-electron chi connectivity index (χ4n) is 1.57. The molecule has 0 aliphatic heterocycles. The summed E-state index contributed by atoms with van der Waals surface area (Å²) in [6.07, 6.45) is 0. The van der Waals surface area contributed by atoms with Crippen LogP contribution >= 0.6 is 23.4 Å². The Labute approximate surface area is 129 Å². The number of rotatable bonds is 4. The second-order valence-corrected chi connectivity index (χ2v) is 5.57. The largest absolute Gasteiger partial charge is 0.398 e. The Kier molecular flexibility index (Phi) is 5.03. The molecule has 0 unspecified atom stereocenters. The molecule has 21 heavy (non-hydrogen) atoms. The third-order valence-corrected chi connectivity index (χ3v) is 3.94. The monoisotopic (exact) mass is 328 g/mol. The smallest absolute Gasteiger partial charge is 0.234 e. The van der Waals surface area contributed by atoms with Crippen LogP contribution in [0.1, 0.15) is 0 Å². The van der Waals surface area contributed by atoms with Crippen LogP contribution in [0, 0.1) is 11.6 Å². The summed E-state index contributed by atoms with van der Waals surface area (Å²) in [5, 5.41) is 2.69. The zero-order valence-electron chi connectivity index (χ0n) is 10.7. The number of anilines is 2. The highest BCUT2D eigenvalue weighted by Crippen LogP contribution is 2.26. The first-order chi connectivity index (χ1) is 9.95. The van der Waals surface area contributed by atoms with Crippen LogP contribution in [0.2, 0.25) is 5.02 Å². The van der Waals surface area contributed by atoms with Crippen LogP contribution in [0.25, 0.3) is 0 Å². The van der Waals surface area contributed by atoms with Gasteiger partial charge < -0.3 is 11.1 Å². The lowest BCUT2D eigenvalue weighted by atomic mass is 10.3. The van der Waals surface area contributed by atoms with E-state index in [-0.39, 0.29) is 22.4 Å². The van der Waals surface area contributed by atoms with Gasteiger partial charge in [0.05, 0.1) is 16.5 Å². The molecule has 3 nitrogen and oxygen atoms in total. The number of carbonyl (C=O) groups is 1. The van der Waals surface area contributed by atoms with Crippen molar-refractivity contribution in [1.82, 2.24) is 0 Å². The number of carbonyl (C=O) groups excluding carboxylic acids is 1. The molecule has 0 fully saturated rings. The van der Waals surface area contributed by atoms with Gasteiger partial charge in [-0.05, 0) is 36.4 Å². The summed E-state index contributed by atoms with van der Waals surface area (Å²) in [6.45, 7) is 0. The molecule has 0 aliphatic carbocycles. The first kappa shape index (κ1) is 15.6. The van der Waals surface area contributed by atoms with Crippen LogP contribution in [0.5, 0.6) is 0 Å². The van der Waals surface area contributed by atoms with E-state index in [1.54, 1.807) is 0 Å². The first-order valence-electron chi connectivity index (χ1n) is 5.88. The minimum absolute atomic E-state index is 0.0730.